The molecule has 2 amide bonds. The van der Waals surface area contributed by atoms with Gasteiger partial charge in [-0.25, -0.2) is 0 Å². The van der Waals surface area contributed by atoms with Gasteiger partial charge in [0.25, 0.3) is 17.4 Å². The summed E-state index contributed by atoms with van der Waals surface area (Å²) in [6.45, 7) is 1.84. The van der Waals surface area contributed by atoms with Crippen LogP contribution in [0, 0.1) is 0 Å². The Morgan fingerprint density at radius 1 is 1.25 bits per heavy atom. The summed E-state index contributed by atoms with van der Waals surface area (Å²) in [5, 5.41) is 2.86. The molecule has 1 aliphatic rings. The van der Waals surface area contributed by atoms with Gasteiger partial charge < -0.3 is 15.6 Å². The first-order chi connectivity index (χ1) is 11.5. The van der Waals surface area contributed by atoms with Crippen LogP contribution in [0.4, 0.5) is 0 Å². The number of carbonyl (C=O) groups is 2. The highest BCUT2D eigenvalue weighted by Crippen LogP contribution is 2.20. The van der Waals surface area contributed by atoms with Gasteiger partial charge in [0.15, 0.2) is 0 Å². The summed E-state index contributed by atoms with van der Waals surface area (Å²) in [4.78, 5) is 36.5. The third-order valence-electron chi connectivity index (χ3n) is 4.18. The van der Waals surface area contributed by atoms with Gasteiger partial charge >= 0.3 is 0 Å². The van der Waals surface area contributed by atoms with E-state index >= 15 is 0 Å². The van der Waals surface area contributed by atoms with Crippen molar-refractivity contribution in [3.63, 3.8) is 0 Å². The van der Waals surface area contributed by atoms with Crippen LogP contribution in [0.3, 0.4) is 0 Å². The molecule has 0 radical (unpaired) electrons. The number of rotatable bonds is 5. The van der Waals surface area contributed by atoms with Crippen LogP contribution in [0.15, 0.2) is 47.4 Å². The van der Waals surface area contributed by atoms with Crippen LogP contribution in [0.1, 0.15) is 52.1 Å². The maximum atomic E-state index is 12.6. The fourth-order valence-electron chi connectivity index (χ4n) is 2.58. The number of hydrogen-bond acceptors (Lipinski definition) is 3. The molecule has 3 N–H and O–H groups in total. The topological polar surface area (TPSA) is 94.2 Å². The molecule has 1 heterocycles. The molecule has 0 bridgehead atoms. The molecule has 1 aromatic heterocycles. The SMILES string of the molecule is C[C@H](c1ccccc1)n1cc(C(=O)NC2CC2)cc(C(N)=O)c1=O. The Balaban J connectivity index is 2.06. The van der Waals surface area contributed by atoms with Crippen molar-refractivity contribution in [2.45, 2.75) is 31.8 Å². The number of nitrogens with two attached hydrogens (primary N) is 1. The first-order valence-electron chi connectivity index (χ1n) is 7.89. The number of nitrogens with one attached hydrogen (secondary N) is 1. The summed E-state index contributed by atoms with van der Waals surface area (Å²) in [6.07, 6.45) is 3.40. The molecule has 0 saturated heterocycles. The molecule has 0 spiro atoms. The predicted molar refractivity (Wildman–Crippen MR) is 90.0 cm³/mol. The molecule has 1 aliphatic carbocycles. The number of pyridine rings is 1. The van der Waals surface area contributed by atoms with Gasteiger partial charge in [0.2, 0.25) is 0 Å². The number of primary amides is 1. The Morgan fingerprint density at radius 3 is 2.50 bits per heavy atom. The predicted octanol–water partition coefficient (Wildman–Crippen LogP) is 1.45. The molecule has 1 fully saturated rings. The zero-order chi connectivity index (χ0) is 17.3. The van der Waals surface area contributed by atoms with E-state index in [-0.39, 0.29) is 29.1 Å². The maximum Gasteiger partial charge on any atom is 0.263 e. The zero-order valence-corrected chi connectivity index (χ0v) is 13.4. The fourth-order valence-corrected chi connectivity index (χ4v) is 2.58. The maximum absolute atomic E-state index is 12.6. The van der Waals surface area contributed by atoms with E-state index in [0.717, 1.165) is 18.4 Å². The summed E-state index contributed by atoms with van der Waals surface area (Å²) in [5.41, 5.74) is 5.80. The smallest absolute Gasteiger partial charge is 0.263 e. The average Bonchev–Trinajstić information content (AvgIpc) is 3.38. The van der Waals surface area contributed by atoms with E-state index in [1.54, 1.807) is 0 Å². The first-order valence-corrected chi connectivity index (χ1v) is 7.89. The van der Waals surface area contributed by atoms with E-state index in [1.807, 2.05) is 37.3 Å². The van der Waals surface area contributed by atoms with E-state index in [2.05, 4.69) is 5.32 Å². The zero-order valence-electron chi connectivity index (χ0n) is 13.4. The van der Waals surface area contributed by atoms with Gasteiger partial charge in [0.05, 0.1) is 11.6 Å². The third-order valence-corrected chi connectivity index (χ3v) is 4.18. The largest absolute Gasteiger partial charge is 0.365 e. The van der Waals surface area contributed by atoms with Crippen molar-refractivity contribution in [3.8, 4) is 0 Å². The first kappa shape index (κ1) is 16.0. The molecule has 2 aromatic rings. The van der Waals surface area contributed by atoms with Crippen LogP contribution in [0.2, 0.25) is 0 Å². The summed E-state index contributed by atoms with van der Waals surface area (Å²) in [6, 6.07) is 10.5. The number of carbonyl (C=O) groups excluding carboxylic acids is 2. The van der Waals surface area contributed by atoms with Gasteiger partial charge in [-0.15, -0.1) is 0 Å². The van der Waals surface area contributed by atoms with Crippen LogP contribution in [-0.2, 0) is 0 Å². The van der Waals surface area contributed by atoms with Crippen molar-refractivity contribution in [3.05, 3.63) is 69.6 Å². The molecule has 0 unspecified atom stereocenters. The summed E-state index contributed by atoms with van der Waals surface area (Å²) in [5.74, 6) is -1.14. The highest BCUT2D eigenvalue weighted by atomic mass is 16.2. The van der Waals surface area contributed by atoms with Crippen LogP contribution < -0.4 is 16.6 Å². The van der Waals surface area contributed by atoms with Crippen molar-refractivity contribution >= 4 is 11.8 Å². The van der Waals surface area contributed by atoms with Crippen molar-refractivity contribution < 1.29 is 9.59 Å². The molecular formula is C18H19N3O3. The Bertz CT molecular complexity index is 838. The Morgan fingerprint density at radius 2 is 1.92 bits per heavy atom. The Labute approximate surface area is 139 Å². The third kappa shape index (κ3) is 3.22. The molecule has 6 nitrogen and oxygen atoms in total. The standard InChI is InChI=1S/C18H19N3O3/c1-11(12-5-3-2-4-6-12)21-10-13(17(23)20-14-7-8-14)9-15(16(19)22)18(21)24/h2-6,9-11,14H,7-8H2,1H3,(H2,19,22)(H,20,23)/t11-/m1/s1. The second kappa shape index (κ2) is 6.31. The minimum absolute atomic E-state index is 0.179. The summed E-state index contributed by atoms with van der Waals surface area (Å²) >= 11 is 0. The van der Waals surface area contributed by atoms with E-state index in [1.165, 1.54) is 16.8 Å². The molecule has 24 heavy (non-hydrogen) atoms. The highest BCUT2D eigenvalue weighted by Gasteiger charge is 2.25. The van der Waals surface area contributed by atoms with Crippen molar-refractivity contribution in [1.29, 1.82) is 0 Å². The second-order valence-electron chi connectivity index (χ2n) is 6.05. The average molecular weight is 325 g/mol. The molecule has 1 saturated carbocycles. The number of amides is 2. The van der Waals surface area contributed by atoms with E-state index in [9.17, 15) is 14.4 Å². The lowest BCUT2D eigenvalue weighted by Crippen LogP contribution is -2.34. The molecular weight excluding hydrogens is 306 g/mol. The quantitative estimate of drug-likeness (QED) is 0.871. The molecule has 3 rings (SSSR count). The van der Waals surface area contributed by atoms with E-state index in [0.29, 0.717) is 0 Å². The Hall–Kier alpha value is -2.89. The van der Waals surface area contributed by atoms with Gasteiger partial charge in [0.1, 0.15) is 5.56 Å². The van der Waals surface area contributed by atoms with Gasteiger partial charge in [0, 0.05) is 12.2 Å². The van der Waals surface area contributed by atoms with Gasteiger partial charge in [-0.3, -0.25) is 14.4 Å². The van der Waals surface area contributed by atoms with E-state index < -0.39 is 11.5 Å². The molecule has 6 heteroatoms. The lowest BCUT2D eigenvalue weighted by atomic mass is 10.1. The lowest BCUT2D eigenvalue weighted by molar-refractivity contribution is 0.0950. The number of hydrogen-bond donors (Lipinski definition) is 2. The van der Waals surface area contributed by atoms with Gasteiger partial charge in [-0.2, -0.15) is 0 Å². The fraction of sp³-hybridized carbons (Fsp3) is 0.278. The normalized spacial score (nSPS) is 14.9. The van der Waals surface area contributed by atoms with Gasteiger partial charge in [-0.05, 0) is 31.4 Å². The number of aromatic nitrogens is 1. The van der Waals surface area contributed by atoms with Crippen LogP contribution in [0.5, 0.6) is 0 Å². The van der Waals surface area contributed by atoms with Crippen molar-refractivity contribution in [2.75, 3.05) is 0 Å². The monoisotopic (exact) mass is 325 g/mol. The molecule has 1 atom stereocenters. The molecule has 0 aliphatic heterocycles. The van der Waals surface area contributed by atoms with Crippen molar-refractivity contribution in [1.82, 2.24) is 9.88 Å². The number of benzene rings is 1. The second-order valence-corrected chi connectivity index (χ2v) is 6.05. The molecule has 1 aromatic carbocycles. The van der Waals surface area contributed by atoms with Crippen LogP contribution in [-0.4, -0.2) is 22.4 Å². The van der Waals surface area contributed by atoms with Crippen molar-refractivity contribution in [2.24, 2.45) is 5.73 Å². The summed E-state index contributed by atoms with van der Waals surface area (Å²) in [7, 11) is 0. The molecule has 124 valence electrons. The minimum atomic E-state index is -0.838. The minimum Gasteiger partial charge on any atom is -0.365 e. The number of nitrogens with zero attached hydrogens (tertiary/aromatic N) is 1. The Kier molecular flexibility index (Phi) is 4.20. The highest BCUT2D eigenvalue weighted by molar-refractivity contribution is 5.98. The van der Waals surface area contributed by atoms with Gasteiger partial charge in [-0.1, -0.05) is 30.3 Å². The lowest BCUT2D eigenvalue weighted by Gasteiger charge is -2.18. The van der Waals surface area contributed by atoms with Crippen LogP contribution >= 0.6 is 0 Å². The van der Waals surface area contributed by atoms with E-state index in [4.69, 9.17) is 5.73 Å². The summed E-state index contributed by atoms with van der Waals surface area (Å²) < 4.78 is 1.39. The van der Waals surface area contributed by atoms with Crippen LogP contribution in [0.25, 0.3) is 0 Å².